The number of carbonyl (C=O) groups excluding carboxylic acids is 2. The number of amides is 2. The summed E-state index contributed by atoms with van der Waals surface area (Å²) in [6.07, 6.45) is 0.961. The van der Waals surface area contributed by atoms with Gasteiger partial charge in [-0.2, -0.15) is 0 Å². The minimum absolute atomic E-state index is 0.0402. The van der Waals surface area contributed by atoms with E-state index in [1.807, 2.05) is 13.8 Å². The van der Waals surface area contributed by atoms with Crippen molar-refractivity contribution in [2.24, 2.45) is 5.41 Å². The van der Waals surface area contributed by atoms with Crippen molar-refractivity contribution in [3.8, 4) is 0 Å². The van der Waals surface area contributed by atoms with E-state index in [0.29, 0.717) is 24.9 Å². The van der Waals surface area contributed by atoms with Crippen molar-refractivity contribution in [1.82, 2.24) is 5.32 Å². The monoisotopic (exact) mass is 276 g/mol. The Kier molecular flexibility index (Phi) is 4.09. The van der Waals surface area contributed by atoms with Crippen LogP contribution in [-0.4, -0.2) is 30.1 Å². The molecule has 0 bridgehead atoms. The molecule has 0 saturated heterocycles. The largest absolute Gasteiger partial charge is 0.396 e. The lowest BCUT2D eigenvalue weighted by Gasteiger charge is -2.23. The van der Waals surface area contributed by atoms with Crippen LogP contribution >= 0.6 is 0 Å². The molecule has 1 aliphatic rings. The molecule has 1 heterocycles. The molecule has 2 amide bonds. The Morgan fingerprint density at radius 2 is 2.20 bits per heavy atom. The Hall–Kier alpha value is -1.88. The quantitative estimate of drug-likeness (QED) is 0.759. The molecular weight excluding hydrogens is 256 g/mol. The van der Waals surface area contributed by atoms with Gasteiger partial charge in [-0.15, -0.1) is 0 Å². The van der Waals surface area contributed by atoms with E-state index in [2.05, 4.69) is 10.6 Å². The van der Waals surface area contributed by atoms with Crippen LogP contribution in [0, 0.1) is 5.41 Å². The molecule has 20 heavy (non-hydrogen) atoms. The van der Waals surface area contributed by atoms with Gasteiger partial charge in [0.1, 0.15) is 0 Å². The summed E-state index contributed by atoms with van der Waals surface area (Å²) in [5.41, 5.74) is 2.06. The molecule has 0 aliphatic carbocycles. The average molecular weight is 276 g/mol. The Balaban J connectivity index is 2.00. The van der Waals surface area contributed by atoms with Crippen molar-refractivity contribution >= 4 is 17.5 Å². The maximum atomic E-state index is 12.1. The van der Waals surface area contributed by atoms with E-state index in [9.17, 15) is 9.59 Å². The molecule has 0 aromatic heterocycles. The van der Waals surface area contributed by atoms with Gasteiger partial charge in [-0.3, -0.25) is 9.59 Å². The molecular formula is C15H20N2O3. The number of rotatable bonds is 5. The highest BCUT2D eigenvalue weighted by molar-refractivity contribution is 6.01. The number of aliphatic hydroxyl groups excluding tert-OH is 1. The number of hydrogen-bond donors (Lipinski definition) is 3. The van der Waals surface area contributed by atoms with Crippen LogP contribution in [-0.2, 0) is 11.2 Å². The van der Waals surface area contributed by atoms with Crippen LogP contribution in [0.25, 0.3) is 0 Å². The zero-order chi connectivity index (χ0) is 14.8. The highest BCUT2D eigenvalue weighted by Crippen LogP contribution is 2.24. The molecule has 5 heteroatoms. The molecule has 5 nitrogen and oxygen atoms in total. The molecule has 0 atom stereocenters. The van der Waals surface area contributed by atoms with Crippen molar-refractivity contribution < 1.29 is 14.7 Å². The number of carbonyl (C=O) groups is 2. The molecule has 0 unspecified atom stereocenters. The van der Waals surface area contributed by atoms with Crippen LogP contribution in [0.1, 0.15) is 36.2 Å². The van der Waals surface area contributed by atoms with E-state index in [1.54, 1.807) is 18.2 Å². The first-order chi connectivity index (χ1) is 9.41. The van der Waals surface area contributed by atoms with Crippen molar-refractivity contribution in [2.45, 2.75) is 26.7 Å². The SMILES string of the molecule is CC(C)(CCO)CNC(=O)c1ccc2c(c1)CC(=O)N2. The first kappa shape index (κ1) is 14.5. The van der Waals surface area contributed by atoms with Gasteiger partial charge < -0.3 is 15.7 Å². The van der Waals surface area contributed by atoms with Gasteiger partial charge in [0.15, 0.2) is 0 Å². The zero-order valence-electron chi connectivity index (χ0n) is 11.8. The molecule has 0 radical (unpaired) electrons. The summed E-state index contributed by atoms with van der Waals surface area (Å²) in [4.78, 5) is 23.4. The van der Waals surface area contributed by atoms with Crippen molar-refractivity contribution in [3.05, 3.63) is 29.3 Å². The fourth-order valence-corrected chi connectivity index (χ4v) is 2.18. The Morgan fingerprint density at radius 1 is 1.45 bits per heavy atom. The first-order valence-corrected chi connectivity index (χ1v) is 6.73. The third-order valence-corrected chi connectivity index (χ3v) is 3.51. The van der Waals surface area contributed by atoms with Gasteiger partial charge in [0, 0.05) is 24.4 Å². The second-order valence-electron chi connectivity index (χ2n) is 5.92. The first-order valence-electron chi connectivity index (χ1n) is 6.73. The fraction of sp³-hybridized carbons (Fsp3) is 0.467. The molecule has 3 N–H and O–H groups in total. The summed E-state index contributed by atoms with van der Waals surface area (Å²) in [5.74, 6) is -0.195. The highest BCUT2D eigenvalue weighted by Gasteiger charge is 2.21. The minimum Gasteiger partial charge on any atom is -0.396 e. The number of hydrogen-bond acceptors (Lipinski definition) is 3. The lowest BCUT2D eigenvalue weighted by atomic mass is 9.89. The number of anilines is 1. The number of benzene rings is 1. The molecule has 0 spiro atoms. The average Bonchev–Trinajstić information content (AvgIpc) is 2.75. The molecule has 108 valence electrons. The predicted octanol–water partition coefficient (Wildman–Crippen LogP) is 1.32. The Labute approximate surface area is 118 Å². The van der Waals surface area contributed by atoms with Crippen LogP contribution < -0.4 is 10.6 Å². The zero-order valence-corrected chi connectivity index (χ0v) is 11.8. The van der Waals surface area contributed by atoms with Crippen molar-refractivity contribution in [1.29, 1.82) is 0 Å². The molecule has 0 fully saturated rings. The van der Waals surface area contributed by atoms with Gasteiger partial charge >= 0.3 is 0 Å². The van der Waals surface area contributed by atoms with Crippen LogP contribution in [0.3, 0.4) is 0 Å². The van der Waals surface area contributed by atoms with E-state index in [1.165, 1.54) is 0 Å². The minimum atomic E-state index is -0.154. The number of nitrogens with one attached hydrogen (secondary N) is 2. The summed E-state index contributed by atoms with van der Waals surface area (Å²) in [5, 5.41) is 14.6. The van der Waals surface area contributed by atoms with Gasteiger partial charge in [-0.25, -0.2) is 0 Å². The Morgan fingerprint density at radius 3 is 2.90 bits per heavy atom. The van der Waals surface area contributed by atoms with E-state index in [4.69, 9.17) is 5.11 Å². The van der Waals surface area contributed by atoms with E-state index in [-0.39, 0.29) is 23.8 Å². The van der Waals surface area contributed by atoms with Crippen LogP contribution in [0.15, 0.2) is 18.2 Å². The van der Waals surface area contributed by atoms with Gasteiger partial charge in [0.2, 0.25) is 5.91 Å². The lowest BCUT2D eigenvalue weighted by Crippen LogP contribution is -2.34. The topological polar surface area (TPSA) is 78.4 Å². The summed E-state index contributed by atoms with van der Waals surface area (Å²) in [6.45, 7) is 4.60. The number of aliphatic hydroxyl groups is 1. The van der Waals surface area contributed by atoms with E-state index < -0.39 is 0 Å². The number of fused-ring (bicyclic) bond motifs is 1. The van der Waals surface area contributed by atoms with Gasteiger partial charge in [0.05, 0.1) is 6.42 Å². The maximum absolute atomic E-state index is 12.1. The van der Waals surface area contributed by atoms with Crippen molar-refractivity contribution in [3.63, 3.8) is 0 Å². The Bertz CT molecular complexity index is 538. The van der Waals surface area contributed by atoms with E-state index >= 15 is 0 Å². The van der Waals surface area contributed by atoms with Crippen LogP contribution in [0.5, 0.6) is 0 Å². The third-order valence-electron chi connectivity index (χ3n) is 3.51. The summed E-state index contributed by atoms with van der Waals surface area (Å²) in [6, 6.07) is 5.22. The molecule has 1 aromatic carbocycles. The summed E-state index contributed by atoms with van der Waals surface area (Å²) in [7, 11) is 0. The van der Waals surface area contributed by atoms with Gasteiger partial charge in [-0.1, -0.05) is 13.8 Å². The summed E-state index contributed by atoms with van der Waals surface area (Å²) < 4.78 is 0. The molecule has 0 saturated carbocycles. The van der Waals surface area contributed by atoms with Crippen molar-refractivity contribution in [2.75, 3.05) is 18.5 Å². The molecule has 1 aliphatic heterocycles. The fourth-order valence-electron chi connectivity index (χ4n) is 2.18. The van der Waals surface area contributed by atoms with E-state index in [0.717, 1.165) is 11.3 Å². The summed E-state index contributed by atoms with van der Waals surface area (Å²) >= 11 is 0. The molecule has 2 rings (SSSR count). The smallest absolute Gasteiger partial charge is 0.251 e. The van der Waals surface area contributed by atoms with Gasteiger partial charge in [-0.05, 0) is 35.6 Å². The predicted molar refractivity (Wildman–Crippen MR) is 76.6 cm³/mol. The maximum Gasteiger partial charge on any atom is 0.251 e. The van der Waals surface area contributed by atoms with Crippen LogP contribution in [0.4, 0.5) is 5.69 Å². The second kappa shape index (κ2) is 5.63. The standard InChI is InChI=1S/C15H20N2O3/c1-15(2,5-6-18)9-16-14(20)10-3-4-12-11(7-10)8-13(19)17-12/h3-4,7,18H,5-6,8-9H2,1-2H3,(H,16,20)(H,17,19). The second-order valence-corrected chi connectivity index (χ2v) is 5.92. The lowest BCUT2D eigenvalue weighted by molar-refractivity contribution is -0.115. The van der Waals surface area contributed by atoms with Gasteiger partial charge in [0.25, 0.3) is 5.91 Å². The normalized spacial score (nSPS) is 13.8. The van der Waals surface area contributed by atoms with Crippen LogP contribution in [0.2, 0.25) is 0 Å². The molecule has 1 aromatic rings. The third kappa shape index (κ3) is 3.36. The highest BCUT2D eigenvalue weighted by atomic mass is 16.3.